The van der Waals surface area contributed by atoms with Gasteiger partial charge in [-0.3, -0.25) is 14.7 Å². The van der Waals surface area contributed by atoms with E-state index < -0.39 is 11.0 Å². The Balaban J connectivity index is 2.22. The van der Waals surface area contributed by atoms with Crippen molar-refractivity contribution in [2.24, 2.45) is 0 Å². The average Bonchev–Trinajstić information content (AvgIpc) is 2.24. The maximum absolute atomic E-state index is 11.1. The van der Waals surface area contributed by atoms with Crippen LogP contribution in [0.2, 0.25) is 0 Å². The summed E-state index contributed by atoms with van der Waals surface area (Å²) < 4.78 is 0. The Kier molecular flexibility index (Phi) is 2.90. The minimum Gasteiger partial charge on any atom is -0.302 e. The third-order valence-corrected chi connectivity index (χ3v) is 2.64. The van der Waals surface area contributed by atoms with E-state index in [2.05, 4.69) is 29.3 Å². The first-order valence-corrected chi connectivity index (χ1v) is 5.32. The van der Waals surface area contributed by atoms with E-state index in [1.807, 2.05) is 0 Å². The van der Waals surface area contributed by atoms with Crippen LogP contribution in [0.4, 0.5) is 0 Å². The SMILES string of the molecule is CC1=CC(Cc2cc(=O)c(=O)[nH][nH]2)=CCC1. The lowest BCUT2D eigenvalue weighted by Gasteiger charge is -2.10. The maximum atomic E-state index is 11.1. The van der Waals surface area contributed by atoms with Crippen LogP contribution in [0.5, 0.6) is 0 Å². The van der Waals surface area contributed by atoms with Gasteiger partial charge in [0.2, 0.25) is 5.43 Å². The number of H-pyrrole nitrogens is 2. The molecule has 4 heteroatoms. The molecule has 0 radical (unpaired) electrons. The number of allylic oxidation sites excluding steroid dienone is 4. The molecule has 0 bridgehead atoms. The Labute approximate surface area is 92.7 Å². The van der Waals surface area contributed by atoms with Gasteiger partial charge < -0.3 is 5.10 Å². The van der Waals surface area contributed by atoms with E-state index in [0.29, 0.717) is 6.42 Å². The van der Waals surface area contributed by atoms with E-state index in [4.69, 9.17) is 0 Å². The molecule has 1 heterocycles. The summed E-state index contributed by atoms with van der Waals surface area (Å²) in [5, 5.41) is 5.06. The molecule has 1 aliphatic rings. The third-order valence-electron chi connectivity index (χ3n) is 2.64. The van der Waals surface area contributed by atoms with Crippen LogP contribution in [0.15, 0.2) is 39.0 Å². The lowest BCUT2D eigenvalue weighted by atomic mass is 9.97. The molecule has 1 aromatic rings. The summed E-state index contributed by atoms with van der Waals surface area (Å²) in [6.45, 7) is 2.10. The quantitative estimate of drug-likeness (QED) is 0.734. The van der Waals surface area contributed by atoms with E-state index in [9.17, 15) is 9.59 Å². The molecule has 2 rings (SSSR count). The van der Waals surface area contributed by atoms with E-state index in [1.54, 1.807) is 0 Å². The molecule has 0 spiro atoms. The van der Waals surface area contributed by atoms with E-state index in [-0.39, 0.29) is 0 Å². The zero-order valence-electron chi connectivity index (χ0n) is 9.17. The minimum absolute atomic E-state index is 0.495. The first-order chi connectivity index (χ1) is 7.65. The minimum atomic E-state index is -0.604. The Hall–Kier alpha value is -1.84. The second-order valence-electron chi connectivity index (χ2n) is 4.10. The van der Waals surface area contributed by atoms with Crippen LogP contribution >= 0.6 is 0 Å². The van der Waals surface area contributed by atoms with Gasteiger partial charge in [-0.15, -0.1) is 0 Å². The van der Waals surface area contributed by atoms with Gasteiger partial charge in [-0.2, -0.15) is 0 Å². The highest BCUT2D eigenvalue weighted by Crippen LogP contribution is 2.18. The highest BCUT2D eigenvalue weighted by Gasteiger charge is 2.04. The lowest BCUT2D eigenvalue weighted by Crippen LogP contribution is -2.27. The third kappa shape index (κ3) is 2.39. The van der Waals surface area contributed by atoms with Gasteiger partial charge in [-0.25, -0.2) is 0 Å². The Bertz CT molecular complexity index is 561. The maximum Gasteiger partial charge on any atom is 0.310 e. The van der Waals surface area contributed by atoms with Gasteiger partial charge in [-0.05, 0) is 25.3 Å². The number of aromatic nitrogens is 2. The lowest BCUT2D eigenvalue weighted by molar-refractivity contribution is 0.877. The van der Waals surface area contributed by atoms with Gasteiger partial charge >= 0.3 is 5.56 Å². The van der Waals surface area contributed by atoms with Crippen molar-refractivity contribution < 1.29 is 0 Å². The molecule has 0 saturated carbocycles. The molecule has 0 atom stereocenters. The smallest absolute Gasteiger partial charge is 0.302 e. The van der Waals surface area contributed by atoms with Crippen LogP contribution in [0, 0.1) is 0 Å². The van der Waals surface area contributed by atoms with Crippen molar-refractivity contribution in [1.29, 1.82) is 0 Å². The second kappa shape index (κ2) is 4.35. The van der Waals surface area contributed by atoms with Crippen molar-refractivity contribution in [2.75, 3.05) is 0 Å². The van der Waals surface area contributed by atoms with Crippen LogP contribution in [-0.2, 0) is 6.42 Å². The van der Waals surface area contributed by atoms with Gasteiger partial charge in [-0.1, -0.05) is 17.7 Å². The monoisotopic (exact) mass is 218 g/mol. The van der Waals surface area contributed by atoms with Crippen molar-refractivity contribution in [3.05, 3.63) is 55.6 Å². The van der Waals surface area contributed by atoms with Crippen molar-refractivity contribution in [1.82, 2.24) is 10.2 Å². The zero-order chi connectivity index (χ0) is 11.5. The van der Waals surface area contributed by atoms with E-state index in [1.165, 1.54) is 17.2 Å². The fourth-order valence-corrected chi connectivity index (χ4v) is 1.83. The van der Waals surface area contributed by atoms with Crippen LogP contribution < -0.4 is 11.0 Å². The van der Waals surface area contributed by atoms with E-state index >= 15 is 0 Å². The van der Waals surface area contributed by atoms with Crippen LogP contribution in [-0.4, -0.2) is 10.2 Å². The number of nitrogens with one attached hydrogen (secondary N) is 2. The molecular formula is C12H14N2O2. The number of rotatable bonds is 2. The molecule has 1 aromatic heterocycles. The highest BCUT2D eigenvalue weighted by atomic mass is 16.2. The summed E-state index contributed by atoms with van der Waals surface area (Å²) in [4.78, 5) is 22.0. The fourth-order valence-electron chi connectivity index (χ4n) is 1.83. The van der Waals surface area contributed by atoms with Gasteiger partial charge in [0, 0.05) is 18.2 Å². The summed E-state index contributed by atoms with van der Waals surface area (Å²) in [6.07, 6.45) is 7.10. The number of hydrogen-bond acceptors (Lipinski definition) is 2. The average molecular weight is 218 g/mol. The van der Waals surface area contributed by atoms with Crippen LogP contribution in [0.1, 0.15) is 25.5 Å². The van der Waals surface area contributed by atoms with Gasteiger partial charge in [0.1, 0.15) is 0 Å². The van der Waals surface area contributed by atoms with Crippen molar-refractivity contribution in [3.63, 3.8) is 0 Å². The summed E-state index contributed by atoms with van der Waals surface area (Å²) in [7, 11) is 0. The molecule has 0 saturated heterocycles. The molecule has 2 N–H and O–H groups in total. The Morgan fingerprint density at radius 3 is 2.81 bits per heavy atom. The molecule has 0 unspecified atom stereocenters. The summed E-state index contributed by atoms with van der Waals surface area (Å²) in [5.41, 5.74) is 2.18. The highest BCUT2D eigenvalue weighted by molar-refractivity contribution is 5.30. The molecule has 1 aliphatic carbocycles. The molecule has 0 amide bonds. The standard InChI is InChI=1S/C12H14N2O2/c1-8-3-2-4-9(5-8)6-10-7-11(15)12(16)14-13-10/h4-5,7H,2-3,6H2,1H3,(H,13,15)(H,14,16). The van der Waals surface area contributed by atoms with Crippen molar-refractivity contribution >= 4 is 0 Å². The van der Waals surface area contributed by atoms with Crippen LogP contribution in [0.25, 0.3) is 0 Å². The summed E-state index contributed by atoms with van der Waals surface area (Å²) >= 11 is 0. The first-order valence-electron chi connectivity index (χ1n) is 5.32. The Morgan fingerprint density at radius 2 is 2.12 bits per heavy atom. The van der Waals surface area contributed by atoms with Crippen molar-refractivity contribution in [2.45, 2.75) is 26.2 Å². The van der Waals surface area contributed by atoms with Gasteiger partial charge in [0.05, 0.1) is 0 Å². The van der Waals surface area contributed by atoms with E-state index in [0.717, 1.165) is 18.5 Å². The normalized spacial score (nSPS) is 15.6. The molecule has 0 aromatic carbocycles. The second-order valence-corrected chi connectivity index (χ2v) is 4.10. The predicted octanol–water partition coefficient (Wildman–Crippen LogP) is 1.27. The number of hydrogen-bond donors (Lipinski definition) is 2. The largest absolute Gasteiger partial charge is 0.310 e. The summed E-state index contributed by atoms with van der Waals surface area (Å²) in [5.74, 6) is 0. The molecule has 0 fully saturated rings. The topological polar surface area (TPSA) is 65.7 Å². The van der Waals surface area contributed by atoms with Crippen LogP contribution in [0.3, 0.4) is 0 Å². The predicted molar refractivity (Wildman–Crippen MR) is 62.5 cm³/mol. The Morgan fingerprint density at radius 1 is 1.31 bits per heavy atom. The molecule has 4 nitrogen and oxygen atoms in total. The molecule has 16 heavy (non-hydrogen) atoms. The zero-order valence-corrected chi connectivity index (χ0v) is 9.17. The summed E-state index contributed by atoms with van der Waals surface area (Å²) in [6, 6.07) is 1.36. The fraction of sp³-hybridized carbons (Fsp3) is 0.333. The van der Waals surface area contributed by atoms with Gasteiger partial charge in [0.15, 0.2) is 0 Å². The van der Waals surface area contributed by atoms with Gasteiger partial charge in [0.25, 0.3) is 0 Å². The molecule has 0 aliphatic heterocycles. The molecule has 84 valence electrons. The molecular weight excluding hydrogens is 204 g/mol. The van der Waals surface area contributed by atoms with Crippen molar-refractivity contribution in [3.8, 4) is 0 Å². The first kappa shape index (κ1) is 10.7. The number of aromatic amines is 2.